The van der Waals surface area contributed by atoms with Crippen molar-refractivity contribution in [1.82, 2.24) is 19.8 Å². The van der Waals surface area contributed by atoms with Crippen molar-refractivity contribution in [2.45, 2.75) is 52.3 Å². The lowest BCUT2D eigenvalue weighted by molar-refractivity contribution is -0.146. The first kappa shape index (κ1) is 16.5. The average molecular weight is 315 g/mol. The van der Waals surface area contributed by atoms with Gasteiger partial charge in [0.15, 0.2) is 5.65 Å². The monoisotopic (exact) mass is 315 g/mol. The number of anilines is 1. The van der Waals surface area contributed by atoms with Crippen LogP contribution in [0.4, 0.5) is 19.0 Å². The van der Waals surface area contributed by atoms with Crippen molar-refractivity contribution < 1.29 is 13.2 Å². The molecule has 0 aromatic carbocycles. The lowest BCUT2D eigenvalue weighted by Gasteiger charge is -2.15. The van der Waals surface area contributed by atoms with E-state index in [-0.39, 0.29) is 11.7 Å². The van der Waals surface area contributed by atoms with E-state index in [0.29, 0.717) is 11.7 Å². The average Bonchev–Trinajstić information content (AvgIpc) is 2.81. The van der Waals surface area contributed by atoms with Crippen molar-refractivity contribution in [1.29, 1.82) is 0 Å². The second-order valence-corrected chi connectivity index (χ2v) is 5.88. The predicted octanol–water partition coefficient (Wildman–Crippen LogP) is 3.77. The van der Waals surface area contributed by atoms with Gasteiger partial charge in [-0.15, -0.1) is 15.3 Å². The van der Waals surface area contributed by atoms with Crippen LogP contribution in [0.3, 0.4) is 0 Å². The minimum atomic E-state index is -4.58. The summed E-state index contributed by atoms with van der Waals surface area (Å²) in [4.78, 5) is 0. The minimum Gasteiger partial charge on any atom is -0.366 e. The lowest BCUT2D eigenvalue weighted by atomic mass is 10.0. The molecule has 0 aliphatic carbocycles. The summed E-state index contributed by atoms with van der Waals surface area (Å²) in [5.74, 6) is -0.0819. The van der Waals surface area contributed by atoms with Gasteiger partial charge in [0.25, 0.3) is 5.82 Å². The summed E-state index contributed by atoms with van der Waals surface area (Å²) in [7, 11) is 0. The number of alkyl halides is 3. The van der Waals surface area contributed by atoms with Crippen LogP contribution >= 0.6 is 0 Å². The van der Waals surface area contributed by atoms with Crippen LogP contribution in [-0.4, -0.2) is 25.9 Å². The van der Waals surface area contributed by atoms with Crippen molar-refractivity contribution in [3.05, 3.63) is 18.0 Å². The van der Waals surface area contributed by atoms with Crippen molar-refractivity contribution in [2.75, 3.05) is 5.32 Å². The van der Waals surface area contributed by atoms with Gasteiger partial charge in [-0.05, 0) is 31.4 Å². The zero-order valence-corrected chi connectivity index (χ0v) is 12.9. The molecule has 1 atom stereocenters. The molecule has 5 nitrogen and oxygen atoms in total. The number of nitrogens with one attached hydrogen (secondary N) is 1. The molecule has 0 aliphatic heterocycles. The van der Waals surface area contributed by atoms with Crippen LogP contribution in [0.5, 0.6) is 0 Å². The number of nitrogens with zero attached hydrogens (tertiary/aromatic N) is 4. The van der Waals surface area contributed by atoms with Crippen molar-refractivity contribution in [3.63, 3.8) is 0 Å². The zero-order valence-electron chi connectivity index (χ0n) is 12.9. The fourth-order valence-corrected chi connectivity index (χ4v) is 2.20. The number of rotatable bonds is 6. The fraction of sp³-hybridized carbons (Fsp3) is 0.643. The van der Waals surface area contributed by atoms with Crippen LogP contribution in [0.15, 0.2) is 12.1 Å². The van der Waals surface area contributed by atoms with Gasteiger partial charge in [0.1, 0.15) is 5.82 Å². The highest BCUT2D eigenvalue weighted by molar-refractivity contribution is 5.44. The summed E-state index contributed by atoms with van der Waals surface area (Å²) in [5.41, 5.74) is 0.0744. The number of halogens is 3. The van der Waals surface area contributed by atoms with Gasteiger partial charge in [0.05, 0.1) is 0 Å². The van der Waals surface area contributed by atoms with E-state index in [1.54, 1.807) is 6.07 Å². The molecular weight excluding hydrogens is 295 g/mol. The molecule has 0 saturated heterocycles. The van der Waals surface area contributed by atoms with Crippen LogP contribution < -0.4 is 5.32 Å². The maximum Gasteiger partial charge on any atom is 0.453 e. The molecule has 2 heterocycles. The van der Waals surface area contributed by atoms with Crippen LogP contribution in [-0.2, 0) is 6.18 Å². The Morgan fingerprint density at radius 3 is 2.50 bits per heavy atom. The summed E-state index contributed by atoms with van der Waals surface area (Å²) in [6.07, 6.45) is -1.45. The Kier molecular flexibility index (Phi) is 4.87. The second kappa shape index (κ2) is 6.50. The molecule has 0 amide bonds. The van der Waals surface area contributed by atoms with E-state index in [1.807, 2.05) is 6.92 Å². The van der Waals surface area contributed by atoms with Crippen molar-refractivity contribution in [3.8, 4) is 0 Å². The van der Waals surface area contributed by atoms with Gasteiger partial charge in [0.2, 0.25) is 0 Å². The van der Waals surface area contributed by atoms with E-state index in [4.69, 9.17) is 0 Å². The van der Waals surface area contributed by atoms with Gasteiger partial charge < -0.3 is 5.32 Å². The fourth-order valence-electron chi connectivity index (χ4n) is 2.20. The minimum absolute atomic E-state index is 0.0744. The van der Waals surface area contributed by atoms with Gasteiger partial charge in [-0.25, -0.2) is 0 Å². The first-order valence-corrected chi connectivity index (χ1v) is 7.33. The zero-order chi connectivity index (χ0) is 16.3. The number of fused-ring (bicyclic) bond motifs is 1. The molecule has 1 unspecified atom stereocenters. The van der Waals surface area contributed by atoms with E-state index < -0.39 is 12.0 Å². The molecule has 0 spiro atoms. The van der Waals surface area contributed by atoms with Gasteiger partial charge in [-0.3, -0.25) is 0 Å². The highest BCUT2D eigenvalue weighted by Gasteiger charge is 2.37. The van der Waals surface area contributed by atoms with Gasteiger partial charge in [0, 0.05) is 6.04 Å². The third-order valence-electron chi connectivity index (χ3n) is 3.33. The van der Waals surface area contributed by atoms with E-state index in [0.717, 1.165) is 23.8 Å². The molecule has 2 aromatic heterocycles. The van der Waals surface area contributed by atoms with E-state index in [9.17, 15) is 13.2 Å². The van der Waals surface area contributed by atoms with Crippen molar-refractivity contribution >= 4 is 11.5 Å². The van der Waals surface area contributed by atoms with Crippen LogP contribution in [0.1, 0.15) is 45.9 Å². The van der Waals surface area contributed by atoms with Crippen LogP contribution in [0.25, 0.3) is 5.65 Å². The van der Waals surface area contributed by atoms with E-state index in [2.05, 4.69) is 34.5 Å². The Morgan fingerprint density at radius 2 is 1.86 bits per heavy atom. The number of aromatic nitrogens is 4. The van der Waals surface area contributed by atoms with Gasteiger partial charge in [-0.2, -0.15) is 17.7 Å². The molecule has 2 rings (SSSR count). The molecule has 0 aliphatic rings. The summed E-state index contributed by atoms with van der Waals surface area (Å²) in [6.45, 7) is 6.32. The van der Waals surface area contributed by atoms with E-state index in [1.165, 1.54) is 6.07 Å². The smallest absolute Gasteiger partial charge is 0.366 e. The largest absolute Gasteiger partial charge is 0.453 e. The molecule has 0 radical (unpaired) electrons. The normalized spacial score (nSPS) is 13.8. The second-order valence-electron chi connectivity index (χ2n) is 5.88. The first-order chi connectivity index (χ1) is 10.3. The molecule has 0 bridgehead atoms. The molecule has 0 fully saturated rings. The highest BCUT2D eigenvalue weighted by atomic mass is 19.4. The predicted molar refractivity (Wildman–Crippen MR) is 77.6 cm³/mol. The van der Waals surface area contributed by atoms with Gasteiger partial charge >= 0.3 is 6.18 Å². The van der Waals surface area contributed by atoms with Crippen LogP contribution in [0.2, 0.25) is 0 Å². The number of hydrogen-bond acceptors (Lipinski definition) is 4. The maximum atomic E-state index is 12.8. The molecule has 2 aromatic rings. The van der Waals surface area contributed by atoms with Crippen molar-refractivity contribution in [2.24, 2.45) is 5.92 Å². The molecule has 0 saturated carbocycles. The highest BCUT2D eigenvalue weighted by Crippen LogP contribution is 2.27. The summed E-state index contributed by atoms with van der Waals surface area (Å²) >= 11 is 0. The maximum absolute atomic E-state index is 12.8. The summed E-state index contributed by atoms with van der Waals surface area (Å²) < 4.78 is 39.1. The molecule has 1 N–H and O–H groups in total. The van der Waals surface area contributed by atoms with Gasteiger partial charge in [-0.1, -0.05) is 26.7 Å². The third-order valence-corrected chi connectivity index (χ3v) is 3.33. The Hall–Kier alpha value is -1.86. The Labute approximate surface area is 126 Å². The SMILES string of the molecule is CC(C)CCCC(C)Nc1ccc2nnc(C(F)(F)F)n2n1. The molecule has 122 valence electrons. The Morgan fingerprint density at radius 1 is 1.14 bits per heavy atom. The summed E-state index contributed by atoms with van der Waals surface area (Å²) in [5, 5.41) is 13.7. The lowest BCUT2D eigenvalue weighted by Crippen LogP contribution is -2.18. The Balaban J connectivity index is 2.09. The topological polar surface area (TPSA) is 55.1 Å². The third kappa shape index (κ3) is 4.08. The molecule has 22 heavy (non-hydrogen) atoms. The van der Waals surface area contributed by atoms with E-state index >= 15 is 0 Å². The number of hydrogen-bond donors (Lipinski definition) is 1. The summed E-state index contributed by atoms with van der Waals surface area (Å²) in [6, 6.07) is 3.22. The first-order valence-electron chi connectivity index (χ1n) is 7.33. The van der Waals surface area contributed by atoms with Crippen LogP contribution in [0, 0.1) is 5.92 Å². The standard InChI is InChI=1S/C14H20F3N5/c1-9(2)5-4-6-10(3)18-11-7-8-12-19-20-13(14(15,16)17)22(12)21-11/h7-10H,4-6H2,1-3H3,(H,18,21). The molecular formula is C14H20F3N5. The molecule has 8 heteroatoms. The quantitative estimate of drug-likeness (QED) is 0.881. The Bertz CT molecular complexity index is 620.